The van der Waals surface area contributed by atoms with Crippen LogP contribution in [0.2, 0.25) is 0 Å². The minimum absolute atomic E-state index is 0.189. The van der Waals surface area contributed by atoms with Gasteiger partial charge in [0.1, 0.15) is 0 Å². The van der Waals surface area contributed by atoms with E-state index in [4.69, 9.17) is 9.47 Å². The van der Waals surface area contributed by atoms with Crippen molar-refractivity contribution in [1.29, 1.82) is 0 Å². The Morgan fingerprint density at radius 1 is 0.833 bits per heavy atom. The van der Waals surface area contributed by atoms with Gasteiger partial charge in [-0.25, -0.2) is 9.59 Å². The van der Waals surface area contributed by atoms with Crippen molar-refractivity contribution < 1.29 is 19.1 Å². The van der Waals surface area contributed by atoms with Gasteiger partial charge in [0.15, 0.2) is 0 Å². The molecule has 4 nitrogen and oxygen atoms in total. The highest BCUT2D eigenvalue weighted by molar-refractivity contribution is 6.03. The Balaban J connectivity index is 2.73. The van der Waals surface area contributed by atoms with E-state index in [2.05, 4.69) is 27.7 Å². The van der Waals surface area contributed by atoms with E-state index in [1.165, 1.54) is 12.5 Å². The highest BCUT2D eigenvalue weighted by Gasteiger charge is 2.18. The average molecular weight is 330 g/mol. The molecule has 0 heterocycles. The molecule has 0 aromatic heterocycles. The van der Waals surface area contributed by atoms with Crippen molar-refractivity contribution in [3.05, 3.63) is 60.1 Å². The summed E-state index contributed by atoms with van der Waals surface area (Å²) in [5, 5.41) is 0. The summed E-state index contributed by atoms with van der Waals surface area (Å²) in [6.07, 6.45) is 7.95. The van der Waals surface area contributed by atoms with E-state index < -0.39 is 11.9 Å². The quantitative estimate of drug-likeness (QED) is 0.490. The molecule has 0 saturated carbocycles. The van der Waals surface area contributed by atoms with Gasteiger partial charge in [-0.05, 0) is 49.0 Å². The standard InChI is InChI=1S/C20H26O4/c1-15(2)9-7-13-23-19(21)17-11-5-6-12-18(17)20(22)24-14-8-10-16(3)4/h5-8,11-16H,9-10H2,1-4H3. The molecule has 0 aliphatic heterocycles. The lowest BCUT2D eigenvalue weighted by Crippen LogP contribution is -2.11. The van der Waals surface area contributed by atoms with Crippen molar-refractivity contribution in [3.8, 4) is 0 Å². The van der Waals surface area contributed by atoms with Crippen LogP contribution in [0.3, 0.4) is 0 Å². The first kappa shape index (κ1) is 19.7. The lowest BCUT2D eigenvalue weighted by atomic mass is 10.1. The third kappa shape index (κ3) is 7.27. The highest BCUT2D eigenvalue weighted by Crippen LogP contribution is 2.13. The van der Waals surface area contributed by atoms with E-state index in [0.29, 0.717) is 11.8 Å². The molecule has 0 unspecified atom stereocenters. The van der Waals surface area contributed by atoms with Gasteiger partial charge in [0.05, 0.1) is 23.7 Å². The molecule has 0 bridgehead atoms. The molecule has 0 fully saturated rings. The molecule has 0 aliphatic carbocycles. The topological polar surface area (TPSA) is 52.6 Å². The van der Waals surface area contributed by atoms with Crippen LogP contribution in [0.15, 0.2) is 48.9 Å². The summed E-state index contributed by atoms with van der Waals surface area (Å²) in [7, 11) is 0. The van der Waals surface area contributed by atoms with Gasteiger partial charge < -0.3 is 9.47 Å². The average Bonchev–Trinajstić information content (AvgIpc) is 2.54. The molecule has 1 aromatic carbocycles. The summed E-state index contributed by atoms with van der Waals surface area (Å²) in [4.78, 5) is 24.3. The van der Waals surface area contributed by atoms with Crippen LogP contribution >= 0.6 is 0 Å². The molecule has 0 aliphatic rings. The maximum Gasteiger partial charge on any atom is 0.343 e. The number of benzene rings is 1. The smallest absolute Gasteiger partial charge is 0.343 e. The van der Waals surface area contributed by atoms with Crippen LogP contribution in [0, 0.1) is 11.8 Å². The van der Waals surface area contributed by atoms with E-state index in [-0.39, 0.29) is 11.1 Å². The van der Waals surface area contributed by atoms with Crippen molar-refractivity contribution in [2.75, 3.05) is 0 Å². The molecule has 0 N–H and O–H groups in total. The molecule has 0 spiro atoms. The Morgan fingerprint density at radius 3 is 1.54 bits per heavy atom. The molecule has 0 atom stereocenters. The summed E-state index contributed by atoms with van der Waals surface area (Å²) >= 11 is 0. The van der Waals surface area contributed by atoms with Crippen LogP contribution in [0.4, 0.5) is 0 Å². The van der Waals surface area contributed by atoms with Crippen LogP contribution in [0.5, 0.6) is 0 Å². The van der Waals surface area contributed by atoms with Gasteiger partial charge in [-0.3, -0.25) is 0 Å². The van der Waals surface area contributed by atoms with Crippen LogP contribution in [0.1, 0.15) is 61.3 Å². The van der Waals surface area contributed by atoms with E-state index in [1.807, 2.05) is 0 Å². The normalized spacial score (nSPS) is 11.6. The van der Waals surface area contributed by atoms with E-state index in [0.717, 1.165) is 12.8 Å². The minimum atomic E-state index is -0.575. The molecule has 4 heteroatoms. The van der Waals surface area contributed by atoms with Gasteiger partial charge >= 0.3 is 11.9 Å². The summed E-state index contributed by atoms with van der Waals surface area (Å²) in [6, 6.07) is 6.46. The Bertz CT molecular complexity index is 544. The van der Waals surface area contributed by atoms with E-state index in [9.17, 15) is 9.59 Å². The summed E-state index contributed by atoms with van der Waals surface area (Å²) in [5.41, 5.74) is 0.378. The number of hydrogen-bond acceptors (Lipinski definition) is 4. The molecule has 130 valence electrons. The number of carbonyl (C=O) groups is 2. The predicted molar refractivity (Wildman–Crippen MR) is 94.5 cm³/mol. The molecule has 0 amide bonds. The highest BCUT2D eigenvalue weighted by atomic mass is 16.5. The van der Waals surface area contributed by atoms with Crippen LogP contribution in [-0.4, -0.2) is 11.9 Å². The zero-order valence-electron chi connectivity index (χ0n) is 14.8. The number of hydrogen-bond donors (Lipinski definition) is 0. The Morgan fingerprint density at radius 2 is 1.21 bits per heavy atom. The second-order valence-electron chi connectivity index (χ2n) is 6.36. The van der Waals surface area contributed by atoms with Gasteiger partial charge in [0.25, 0.3) is 0 Å². The molecule has 0 radical (unpaired) electrons. The maximum absolute atomic E-state index is 12.1. The Hall–Kier alpha value is -2.36. The zero-order chi connectivity index (χ0) is 17.9. The van der Waals surface area contributed by atoms with E-state index >= 15 is 0 Å². The summed E-state index contributed by atoms with van der Waals surface area (Å²) in [5.74, 6) is -0.179. The van der Waals surface area contributed by atoms with Crippen LogP contribution in [0.25, 0.3) is 0 Å². The summed E-state index contributed by atoms with van der Waals surface area (Å²) < 4.78 is 10.2. The number of esters is 2. The fourth-order valence-corrected chi connectivity index (χ4v) is 1.84. The third-order valence-electron chi connectivity index (χ3n) is 3.12. The third-order valence-corrected chi connectivity index (χ3v) is 3.12. The van der Waals surface area contributed by atoms with Gasteiger partial charge in [-0.2, -0.15) is 0 Å². The Labute approximate surface area is 144 Å². The lowest BCUT2D eigenvalue weighted by Gasteiger charge is -2.06. The number of rotatable bonds is 8. The van der Waals surface area contributed by atoms with Gasteiger partial charge in [-0.1, -0.05) is 39.8 Å². The van der Waals surface area contributed by atoms with Crippen molar-refractivity contribution in [2.45, 2.75) is 40.5 Å². The van der Waals surface area contributed by atoms with Crippen molar-refractivity contribution in [1.82, 2.24) is 0 Å². The van der Waals surface area contributed by atoms with Crippen molar-refractivity contribution in [2.24, 2.45) is 11.8 Å². The minimum Gasteiger partial charge on any atom is -0.431 e. The molecule has 0 saturated heterocycles. The Kier molecular flexibility index (Phi) is 8.55. The molecular formula is C20H26O4. The number of allylic oxidation sites excluding steroid dienone is 2. The first-order chi connectivity index (χ1) is 11.4. The molecular weight excluding hydrogens is 304 g/mol. The van der Waals surface area contributed by atoms with Gasteiger partial charge in [-0.15, -0.1) is 0 Å². The van der Waals surface area contributed by atoms with Gasteiger partial charge in [0, 0.05) is 0 Å². The lowest BCUT2D eigenvalue weighted by molar-refractivity contribution is 0.0617. The first-order valence-electron chi connectivity index (χ1n) is 8.22. The molecule has 24 heavy (non-hydrogen) atoms. The first-order valence-corrected chi connectivity index (χ1v) is 8.22. The fraction of sp³-hybridized carbons (Fsp3) is 0.400. The fourth-order valence-electron chi connectivity index (χ4n) is 1.84. The van der Waals surface area contributed by atoms with Gasteiger partial charge in [0.2, 0.25) is 0 Å². The van der Waals surface area contributed by atoms with Crippen molar-refractivity contribution >= 4 is 11.9 Å². The number of ether oxygens (including phenoxy) is 2. The summed E-state index contributed by atoms with van der Waals surface area (Å²) in [6.45, 7) is 8.29. The largest absolute Gasteiger partial charge is 0.431 e. The SMILES string of the molecule is CC(C)CC=COC(=O)c1ccccc1C(=O)OC=CCC(C)C. The van der Waals surface area contributed by atoms with Crippen molar-refractivity contribution in [3.63, 3.8) is 0 Å². The molecule has 1 rings (SSSR count). The second kappa shape index (κ2) is 10.4. The van der Waals surface area contributed by atoms with Crippen LogP contribution in [-0.2, 0) is 9.47 Å². The second-order valence-corrected chi connectivity index (χ2v) is 6.36. The number of carbonyl (C=O) groups excluding carboxylic acids is 2. The van der Waals surface area contributed by atoms with E-state index in [1.54, 1.807) is 36.4 Å². The monoisotopic (exact) mass is 330 g/mol. The zero-order valence-corrected chi connectivity index (χ0v) is 14.8. The predicted octanol–water partition coefficient (Wildman–Crippen LogP) is 5.12. The molecule has 1 aromatic rings. The maximum atomic E-state index is 12.1. The van der Waals surface area contributed by atoms with Crippen LogP contribution < -0.4 is 0 Å².